The van der Waals surface area contributed by atoms with Gasteiger partial charge in [-0.1, -0.05) is 18.3 Å². The Morgan fingerprint density at radius 2 is 1.84 bits per heavy atom. The second-order valence-electron chi connectivity index (χ2n) is 8.72. The maximum Gasteiger partial charge on any atom is 0.228 e. The van der Waals surface area contributed by atoms with E-state index in [4.69, 9.17) is 0 Å². The molecule has 2 amide bonds. The zero-order valence-corrected chi connectivity index (χ0v) is 19.4. The zero-order chi connectivity index (χ0) is 21.6. The Bertz CT molecular complexity index is 750. The number of carbonyl (C=O) groups is 2. The molecule has 1 aromatic heterocycles. The zero-order valence-electron chi connectivity index (χ0n) is 18.6. The summed E-state index contributed by atoms with van der Waals surface area (Å²) in [4.78, 5) is 33.5. The van der Waals surface area contributed by atoms with Crippen LogP contribution in [0.15, 0.2) is 0 Å². The van der Waals surface area contributed by atoms with E-state index >= 15 is 0 Å². The van der Waals surface area contributed by atoms with Gasteiger partial charge in [-0.2, -0.15) is 0 Å². The van der Waals surface area contributed by atoms with Gasteiger partial charge in [0, 0.05) is 58.8 Å². The molecule has 3 saturated heterocycles. The standard InChI is InChI=1S/C21H35N7O2S/c1-2-25-12-14-26(15-13-25)9-5-8-22-19(30)17-6-3-10-27(16-17)20-23-24-21(31-20)28-11-4-7-18(28)29/h17H,2-16H2,1H3,(H,22,30)/t17-/m1/s1. The molecule has 0 radical (unpaired) electrons. The first kappa shape index (κ1) is 22.4. The molecule has 1 atom stereocenters. The summed E-state index contributed by atoms with van der Waals surface area (Å²) in [7, 11) is 0. The number of hydrogen-bond acceptors (Lipinski definition) is 8. The number of nitrogens with one attached hydrogen (secondary N) is 1. The van der Waals surface area contributed by atoms with Crippen LogP contribution in [0.5, 0.6) is 0 Å². The Labute approximate surface area is 188 Å². The molecule has 4 heterocycles. The predicted molar refractivity (Wildman–Crippen MR) is 123 cm³/mol. The van der Waals surface area contributed by atoms with Crippen molar-refractivity contribution in [3.05, 3.63) is 0 Å². The van der Waals surface area contributed by atoms with Crippen molar-refractivity contribution < 1.29 is 9.59 Å². The molecule has 3 aliphatic heterocycles. The van der Waals surface area contributed by atoms with Gasteiger partial charge in [-0.15, -0.1) is 10.2 Å². The topological polar surface area (TPSA) is 84.9 Å². The number of piperidine rings is 1. The molecule has 0 spiro atoms. The summed E-state index contributed by atoms with van der Waals surface area (Å²) in [6, 6.07) is 0. The number of anilines is 2. The van der Waals surface area contributed by atoms with Crippen molar-refractivity contribution in [3.63, 3.8) is 0 Å². The van der Waals surface area contributed by atoms with E-state index in [1.807, 2.05) is 0 Å². The molecule has 172 valence electrons. The van der Waals surface area contributed by atoms with Gasteiger partial charge < -0.3 is 20.0 Å². The predicted octanol–water partition coefficient (Wildman–Crippen LogP) is 1.03. The van der Waals surface area contributed by atoms with Crippen LogP contribution in [-0.4, -0.2) is 97.3 Å². The van der Waals surface area contributed by atoms with Gasteiger partial charge in [-0.25, -0.2) is 0 Å². The highest BCUT2D eigenvalue weighted by atomic mass is 32.1. The van der Waals surface area contributed by atoms with Gasteiger partial charge in [-0.3, -0.25) is 14.5 Å². The number of hydrogen-bond donors (Lipinski definition) is 1. The molecule has 0 unspecified atom stereocenters. The minimum Gasteiger partial charge on any atom is -0.356 e. The highest BCUT2D eigenvalue weighted by Crippen LogP contribution is 2.32. The van der Waals surface area contributed by atoms with Crippen LogP contribution in [0.2, 0.25) is 0 Å². The van der Waals surface area contributed by atoms with Crippen LogP contribution in [0.25, 0.3) is 0 Å². The molecule has 4 rings (SSSR count). The van der Waals surface area contributed by atoms with Gasteiger partial charge in [0.1, 0.15) is 0 Å². The lowest BCUT2D eigenvalue weighted by atomic mass is 9.97. The van der Waals surface area contributed by atoms with E-state index in [2.05, 4.69) is 37.1 Å². The largest absolute Gasteiger partial charge is 0.356 e. The van der Waals surface area contributed by atoms with Gasteiger partial charge in [0.2, 0.25) is 22.1 Å². The number of amides is 2. The number of aromatic nitrogens is 2. The maximum absolute atomic E-state index is 12.7. The Morgan fingerprint density at radius 3 is 2.58 bits per heavy atom. The van der Waals surface area contributed by atoms with Crippen molar-refractivity contribution >= 4 is 33.4 Å². The number of rotatable bonds is 8. The molecule has 9 nitrogen and oxygen atoms in total. The van der Waals surface area contributed by atoms with Crippen molar-refractivity contribution in [1.82, 2.24) is 25.3 Å². The van der Waals surface area contributed by atoms with E-state index < -0.39 is 0 Å². The van der Waals surface area contributed by atoms with Crippen LogP contribution in [0.4, 0.5) is 10.3 Å². The molecule has 0 bridgehead atoms. The average molecular weight is 450 g/mol. The lowest BCUT2D eigenvalue weighted by Gasteiger charge is -2.34. The Kier molecular flexibility index (Phi) is 7.73. The summed E-state index contributed by atoms with van der Waals surface area (Å²) >= 11 is 1.46. The van der Waals surface area contributed by atoms with Crippen LogP contribution < -0.4 is 15.1 Å². The van der Waals surface area contributed by atoms with E-state index in [9.17, 15) is 9.59 Å². The second kappa shape index (κ2) is 10.7. The van der Waals surface area contributed by atoms with Crippen molar-refractivity contribution in [1.29, 1.82) is 0 Å². The maximum atomic E-state index is 12.7. The molecular formula is C21H35N7O2S. The first-order valence-electron chi connectivity index (χ1n) is 11.7. The van der Waals surface area contributed by atoms with Crippen LogP contribution in [0.3, 0.4) is 0 Å². The summed E-state index contributed by atoms with van der Waals surface area (Å²) in [5.41, 5.74) is 0. The second-order valence-corrected chi connectivity index (χ2v) is 9.66. The lowest BCUT2D eigenvalue weighted by molar-refractivity contribution is -0.125. The molecule has 3 aliphatic rings. The number of likely N-dealkylation sites (N-methyl/N-ethyl adjacent to an activating group) is 1. The summed E-state index contributed by atoms with van der Waals surface area (Å²) in [6.45, 7) is 12.0. The third-order valence-electron chi connectivity index (χ3n) is 6.63. The lowest BCUT2D eigenvalue weighted by Crippen LogP contribution is -2.47. The highest BCUT2D eigenvalue weighted by molar-refractivity contribution is 7.19. The van der Waals surface area contributed by atoms with Crippen molar-refractivity contribution in [2.24, 2.45) is 5.92 Å². The van der Waals surface area contributed by atoms with Crippen LogP contribution in [0, 0.1) is 5.92 Å². The average Bonchev–Trinajstić information content (AvgIpc) is 3.46. The Balaban J connectivity index is 1.19. The van der Waals surface area contributed by atoms with Crippen molar-refractivity contribution in [3.8, 4) is 0 Å². The fourth-order valence-electron chi connectivity index (χ4n) is 4.65. The van der Waals surface area contributed by atoms with Gasteiger partial charge in [-0.05, 0) is 38.8 Å². The minimum absolute atomic E-state index is 0.0115. The van der Waals surface area contributed by atoms with E-state index in [1.165, 1.54) is 11.3 Å². The van der Waals surface area contributed by atoms with Gasteiger partial charge >= 0.3 is 0 Å². The Morgan fingerprint density at radius 1 is 1.06 bits per heavy atom. The third kappa shape index (κ3) is 5.72. The monoisotopic (exact) mass is 449 g/mol. The van der Waals surface area contributed by atoms with Gasteiger partial charge in [0.15, 0.2) is 0 Å². The van der Waals surface area contributed by atoms with Crippen LogP contribution in [-0.2, 0) is 9.59 Å². The van der Waals surface area contributed by atoms with Crippen molar-refractivity contribution in [2.45, 2.75) is 39.0 Å². The number of piperazine rings is 1. The summed E-state index contributed by atoms with van der Waals surface area (Å²) in [6.07, 6.45) is 4.36. The van der Waals surface area contributed by atoms with Crippen LogP contribution in [0.1, 0.15) is 39.0 Å². The molecule has 0 aliphatic carbocycles. The molecule has 1 aromatic rings. The first-order valence-corrected chi connectivity index (χ1v) is 12.6. The quantitative estimate of drug-likeness (QED) is 0.593. The smallest absolute Gasteiger partial charge is 0.228 e. The molecule has 1 N–H and O–H groups in total. The summed E-state index contributed by atoms with van der Waals surface area (Å²) in [5, 5.41) is 13.2. The molecule has 31 heavy (non-hydrogen) atoms. The van der Waals surface area contributed by atoms with E-state index in [0.717, 1.165) is 89.7 Å². The molecule has 3 fully saturated rings. The number of nitrogens with zero attached hydrogens (tertiary/aromatic N) is 6. The summed E-state index contributed by atoms with van der Waals surface area (Å²) < 4.78 is 0. The molecular weight excluding hydrogens is 414 g/mol. The SMILES string of the molecule is CCN1CCN(CCCNC(=O)[C@@H]2CCCN(c3nnc(N4CCCC4=O)s3)C2)CC1. The molecule has 10 heteroatoms. The normalized spacial score (nSPS) is 23.5. The van der Waals surface area contributed by atoms with Crippen molar-refractivity contribution in [2.75, 3.05) is 75.2 Å². The van der Waals surface area contributed by atoms with E-state index in [0.29, 0.717) is 18.1 Å². The third-order valence-corrected chi connectivity index (χ3v) is 7.64. The molecule has 0 saturated carbocycles. The number of carbonyl (C=O) groups excluding carboxylic acids is 2. The molecule has 0 aromatic carbocycles. The van der Waals surface area contributed by atoms with Gasteiger partial charge in [0.25, 0.3) is 0 Å². The fourth-order valence-corrected chi connectivity index (χ4v) is 5.57. The van der Waals surface area contributed by atoms with Crippen LogP contribution >= 0.6 is 11.3 Å². The minimum atomic E-state index is -0.0115. The first-order chi connectivity index (χ1) is 15.1. The highest BCUT2D eigenvalue weighted by Gasteiger charge is 2.30. The van der Waals surface area contributed by atoms with E-state index in [-0.39, 0.29) is 17.7 Å². The Hall–Kier alpha value is -1.78. The van der Waals surface area contributed by atoms with E-state index in [1.54, 1.807) is 4.90 Å². The van der Waals surface area contributed by atoms with Gasteiger partial charge in [0.05, 0.1) is 5.92 Å². The fraction of sp³-hybridized carbons (Fsp3) is 0.810. The summed E-state index contributed by atoms with van der Waals surface area (Å²) in [5.74, 6) is 0.272.